The van der Waals surface area contributed by atoms with Crippen molar-refractivity contribution in [1.29, 1.82) is 0 Å². The van der Waals surface area contributed by atoms with E-state index in [0.29, 0.717) is 28.4 Å². The number of likely N-dealkylation sites (tertiary alicyclic amines) is 1. The second kappa shape index (κ2) is 14.3. The molecule has 46 heavy (non-hydrogen) atoms. The number of benzene rings is 4. The highest BCUT2D eigenvalue weighted by atomic mass is 16.5. The number of para-hydroxylation sites is 1. The molecule has 0 atom stereocenters. The van der Waals surface area contributed by atoms with Crippen LogP contribution in [0.1, 0.15) is 49.0 Å². The van der Waals surface area contributed by atoms with Gasteiger partial charge in [-0.3, -0.25) is 4.79 Å². The van der Waals surface area contributed by atoms with Crippen LogP contribution in [0.15, 0.2) is 103 Å². The van der Waals surface area contributed by atoms with Gasteiger partial charge in [-0.2, -0.15) is 0 Å². The zero-order valence-corrected chi connectivity index (χ0v) is 26.5. The number of hydrogen-bond donors (Lipinski definition) is 3. The highest BCUT2D eigenvalue weighted by molar-refractivity contribution is 6.04. The molecule has 1 aliphatic heterocycles. The van der Waals surface area contributed by atoms with E-state index in [9.17, 15) is 9.59 Å². The third-order valence-corrected chi connectivity index (χ3v) is 8.20. The van der Waals surface area contributed by atoms with Crippen LogP contribution in [0.25, 0.3) is 16.6 Å². The predicted molar refractivity (Wildman–Crippen MR) is 185 cm³/mol. The number of rotatable bonds is 11. The van der Waals surface area contributed by atoms with E-state index in [1.807, 2.05) is 50.2 Å². The summed E-state index contributed by atoms with van der Waals surface area (Å²) in [5.74, 6) is 1.09. The topological polar surface area (TPSA) is 87.6 Å². The smallest absolute Gasteiger partial charge is 0.319 e. The number of nitrogens with zero attached hydrogens (tertiary/aromatic N) is 2. The van der Waals surface area contributed by atoms with Crippen molar-refractivity contribution in [2.24, 2.45) is 0 Å². The van der Waals surface area contributed by atoms with Gasteiger partial charge in [-0.25, -0.2) is 4.79 Å². The fourth-order valence-electron chi connectivity index (χ4n) is 5.92. The molecular weight excluding hydrogens is 574 g/mol. The van der Waals surface area contributed by atoms with E-state index in [0.717, 1.165) is 25.1 Å². The zero-order chi connectivity index (χ0) is 31.9. The molecule has 1 aliphatic rings. The Morgan fingerprint density at radius 3 is 2.07 bits per heavy atom. The number of fused-ring (bicyclic) bond motifs is 1. The van der Waals surface area contributed by atoms with Crippen molar-refractivity contribution in [2.75, 3.05) is 30.3 Å². The molecule has 236 valence electrons. The highest BCUT2D eigenvalue weighted by Crippen LogP contribution is 2.27. The van der Waals surface area contributed by atoms with Crippen LogP contribution in [0.3, 0.4) is 0 Å². The summed E-state index contributed by atoms with van der Waals surface area (Å²) in [6.07, 6.45) is 7.12. The molecule has 1 aromatic heterocycles. The zero-order valence-electron chi connectivity index (χ0n) is 26.5. The lowest BCUT2D eigenvalue weighted by atomic mass is 10.1. The Bertz CT molecular complexity index is 1770. The summed E-state index contributed by atoms with van der Waals surface area (Å²) in [6, 6.07) is 30.5. The summed E-state index contributed by atoms with van der Waals surface area (Å²) < 4.78 is 8.16. The van der Waals surface area contributed by atoms with Gasteiger partial charge in [0.05, 0.1) is 5.52 Å². The van der Waals surface area contributed by atoms with Gasteiger partial charge in [-0.05, 0) is 144 Å². The molecule has 2 heterocycles. The quantitative estimate of drug-likeness (QED) is 0.140. The summed E-state index contributed by atoms with van der Waals surface area (Å²) in [6.45, 7) is 7.44. The lowest BCUT2D eigenvalue weighted by Crippen LogP contribution is -2.34. The molecule has 8 heteroatoms. The maximum absolute atomic E-state index is 13.1. The number of anilines is 2. The van der Waals surface area contributed by atoms with Gasteiger partial charge in [0.1, 0.15) is 11.5 Å². The van der Waals surface area contributed by atoms with Crippen molar-refractivity contribution in [1.82, 2.24) is 14.8 Å². The highest BCUT2D eigenvalue weighted by Gasteiger charge is 2.14. The van der Waals surface area contributed by atoms with Crippen LogP contribution >= 0.6 is 0 Å². The summed E-state index contributed by atoms with van der Waals surface area (Å²) in [5, 5.41) is 9.84. The van der Waals surface area contributed by atoms with E-state index in [1.165, 1.54) is 42.4 Å². The van der Waals surface area contributed by atoms with E-state index in [1.54, 1.807) is 36.4 Å². The van der Waals surface area contributed by atoms with Crippen molar-refractivity contribution >= 4 is 34.2 Å². The van der Waals surface area contributed by atoms with Gasteiger partial charge in [-0.15, -0.1) is 0 Å². The van der Waals surface area contributed by atoms with Crippen LogP contribution < -0.4 is 20.7 Å². The molecular formula is C38H41N5O3. The molecule has 0 saturated carbocycles. The monoisotopic (exact) mass is 615 g/mol. The second-order valence-corrected chi connectivity index (χ2v) is 12.1. The largest absolute Gasteiger partial charge is 0.457 e. The fourth-order valence-corrected chi connectivity index (χ4v) is 5.92. The first-order valence-electron chi connectivity index (χ1n) is 16.1. The lowest BCUT2D eigenvalue weighted by Gasteiger charge is -2.13. The van der Waals surface area contributed by atoms with E-state index >= 15 is 0 Å². The number of nitrogens with one attached hydrogen (secondary N) is 3. The molecule has 1 saturated heterocycles. The molecule has 1 fully saturated rings. The average molecular weight is 616 g/mol. The Morgan fingerprint density at radius 2 is 1.41 bits per heavy atom. The summed E-state index contributed by atoms with van der Waals surface area (Å²) in [5.41, 5.74) is 5.51. The number of carbonyl (C=O) groups is 2. The molecule has 0 radical (unpaired) electrons. The average Bonchev–Trinajstić information content (AvgIpc) is 3.71. The second-order valence-electron chi connectivity index (χ2n) is 12.1. The number of ether oxygens (including phenoxy) is 1. The Labute approximate surface area is 270 Å². The minimum absolute atomic E-state index is 0.0555. The Hall–Kier alpha value is -5.08. The number of urea groups is 1. The Kier molecular flexibility index (Phi) is 9.65. The molecule has 0 aliphatic carbocycles. The maximum atomic E-state index is 13.1. The van der Waals surface area contributed by atoms with Crippen LogP contribution in [-0.2, 0) is 6.42 Å². The van der Waals surface area contributed by atoms with E-state index in [4.69, 9.17) is 4.74 Å². The van der Waals surface area contributed by atoms with Crippen molar-refractivity contribution in [3.8, 4) is 17.2 Å². The molecule has 3 amide bonds. The third kappa shape index (κ3) is 7.76. The first-order valence-corrected chi connectivity index (χ1v) is 16.1. The van der Waals surface area contributed by atoms with Crippen molar-refractivity contribution in [2.45, 2.75) is 45.6 Å². The number of carbonyl (C=O) groups excluding carboxylic acids is 2. The number of aryl methyl sites for hydroxylation is 1. The SMILES string of the molecule is CC(C)NC(=O)Nc1ccc(Oc2ccc(NC(=O)c3ccc(-n4cc(CCCN5CCCC5)c5ccccc54)cc3)cc2)cc1. The molecule has 6 rings (SSSR count). The van der Waals surface area contributed by atoms with Gasteiger partial charge in [0.2, 0.25) is 0 Å². The van der Waals surface area contributed by atoms with Crippen molar-refractivity contribution in [3.05, 3.63) is 114 Å². The standard InChI is InChI=1S/C38H41N5O3/c1-27(2)39-38(45)41-31-15-21-34(22-16-31)46-33-19-13-30(14-20-33)40-37(44)28-11-17-32(18-12-28)43-26-29(35-9-3-4-10-36(35)43)8-7-25-42-23-5-6-24-42/h3-4,9-22,26-27H,5-8,23-25H2,1-2H3,(H,40,44)(H2,39,41,45). The van der Waals surface area contributed by atoms with Crippen molar-refractivity contribution < 1.29 is 14.3 Å². The van der Waals surface area contributed by atoms with Gasteiger partial charge >= 0.3 is 6.03 Å². The van der Waals surface area contributed by atoms with Crippen LogP contribution in [0.5, 0.6) is 11.5 Å². The number of aromatic nitrogens is 1. The molecule has 0 bridgehead atoms. The molecule has 4 aromatic carbocycles. The summed E-state index contributed by atoms with van der Waals surface area (Å²) in [4.78, 5) is 27.5. The number of amides is 3. The van der Waals surface area contributed by atoms with E-state index in [2.05, 4.69) is 55.9 Å². The van der Waals surface area contributed by atoms with E-state index in [-0.39, 0.29) is 18.0 Å². The van der Waals surface area contributed by atoms with Crippen LogP contribution in [0.4, 0.5) is 16.2 Å². The van der Waals surface area contributed by atoms with E-state index < -0.39 is 0 Å². The molecule has 3 N–H and O–H groups in total. The summed E-state index contributed by atoms with van der Waals surface area (Å²) >= 11 is 0. The van der Waals surface area contributed by atoms with Gasteiger partial charge in [0.15, 0.2) is 0 Å². The maximum Gasteiger partial charge on any atom is 0.319 e. The van der Waals surface area contributed by atoms with Gasteiger partial charge in [0, 0.05) is 40.3 Å². The number of hydrogen-bond acceptors (Lipinski definition) is 4. The molecule has 5 aromatic rings. The van der Waals surface area contributed by atoms with Gasteiger partial charge in [-0.1, -0.05) is 18.2 Å². The third-order valence-electron chi connectivity index (χ3n) is 8.20. The van der Waals surface area contributed by atoms with Crippen molar-refractivity contribution in [3.63, 3.8) is 0 Å². The predicted octanol–water partition coefficient (Wildman–Crippen LogP) is 8.23. The molecule has 0 spiro atoms. The minimum Gasteiger partial charge on any atom is -0.457 e. The Morgan fingerprint density at radius 1 is 0.783 bits per heavy atom. The first-order chi connectivity index (χ1) is 22.4. The van der Waals surface area contributed by atoms with Gasteiger partial charge < -0.3 is 30.2 Å². The van der Waals surface area contributed by atoms with Crippen LogP contribution in [-0.4, -0.2) is 47.1 Å². The normalized spacial score (nSPS) is 13.2. The molecule has 0 unspecified atom stereocenters. The van der Waals surface area contributed by atoms with Gasteiger partial charge in [0.25, 0.3) is 5.91 Å². The van der Waals surface area contributed by atoms with Crippen LogP contribution in [0.2, 0.25) is 0 Å². The summed E-state index contributed by atoms with van der Waals surface area (Å²) in [7, 11) is 0. The van der Waals surface area contributed by atoms with Crippen LogP contribution in [0, 0.1) is 0 Å². The first kappa shape index (κ1) is 30.9. The minimum atomic E-state index is -0.251. The Balaban J connectivity index is 1.05. The molecule has 8 nitrogen and oxygen atoms in total. The lowest BCUT2D eigenvalue weighted by molar-refractivity contribution is 0.102. The fraction of sp³-hybridized carbons (Fsp3) is 0.263.